The average Bonchev–Trinajstić information content (AvgIpc) is 3.14. The molecule has 2 aromatic rings. The molecule has 3 N–H and O–H groups in total. The normalized spacial score (nSPS) is 14.0. The van der Waals surface area contributed by atoms with Crippen molar-refractivity contribution in [2.45, 2.75) is 26.0 Å². The first kappa shape index (κ1) is 18.8. The predicted octanol–water partition coefficient (Wildman–Crippen LogP) is 2.78. The highest BCUT2D eigenvalue weighted by atomic mass is 19.1. The number of furan rings is 1. The Morgan fingerprint density at radius 1 is 1.40 bits per heavy atom. The number of hydrogen-bond acceptors (Lipinski definition) is 4. The van der Waals surface area contributed by atoms with Gasteiger partial charge >= 0.3 is 0 Å². The molecule has 2 atom stereocenters. The number of methoxy groups -OCH3 is 1. The van der Waals surface area contributed by atoms with Gasteiger partial charge in [0.2, 0.25) is 0 Å². The maximum absolute atomic E-state index is 13.9. The fourth-order valence-corrected chi connectivity index (χ4v) is 2.31. The summed E-state index contributed by atoms with van der Waals surface area (Å²) in [5, 5.41) is 16.3. The molecule has 0 aliphatic carbocycles. The molecule has 0 amide bonds. The van der Waals surface area contributed by atoms with Crippen LogP contribution in [-0.2, 0) is 0 Å². The molecule has 1 heterocycles. The summed E-state index contributed by atoms with van der Waals surface area (Å²) in [5.41, 5.74) is 0.760. The van der Waals surface area contributed by atoms with Crippen LogP contribution in [0.15, 0.2) is 46.0 Å². The van der Waals surface area contributed by atoms with Crippen LogP contribution in [0.5, 0.6) is 5.75 Å². The van der Waals surface area contributed by atoms with Crippen molar-refractivity contribution in [1.82, 2.24) is 10.6 Å². The lowest BCUT2D eigenvalue weighted by Gasteiger charge is -2.19. The van der Waals surface area contributed by atoms with Crippen molar-refractivity contribution in [3.05, 3.63) is 53.7 Å². The summed E-state index contributed by atoms with van der Waals surface area (Å²) in [6.07, 6.45) is 0.686. The lowest BCUT2D eigenvalue weighted by Crippen LogP contribution is -2.39. The van der Waals surface area contributed by atoms with E-state index in [9.17, 15) is 9.50 Å². The van der Waals surface area contributed by atoms with Crippen molar-refractivity contribution in [3.63, 3.8) is 0 Å². The maximum atomic E-state index is 13.9. The summed E-state index contributed by atoms with van der Waals surface area (Å²) in [7, 11) is 1.43. The van der Waals surface area contributed by atoms with E-state index in [-0.39, 0.29) is 18.3 Å². The van der Waals surface area contributed by atoms with Gasteiger partial charge in [-0.3, -0.25) is 4.99 Å². The Hall–Kier alpha value is -2.54. The van der Waals surface area contributed by atoms with Crippen molar-refractivity contribution >= 4 is 5.96 Å². The number of ether oxygens (including phenoxy) is 1. The van der Waals surface area contributed by atoms with Crippen LogP contribution in [0.1, 0.15) is 37.3 Å². The van der Waals surface area contributed by atoms with Crippen molar-refractivity contribution in [2.24, 2.45) is 4.99 Å². The molecule has 1 aromatic carbocycles. The maximum Gasteiger partial charge on any atom is 0.191 e. The first-order valence-corrected chi connectivity index (χ1v) is 8.14. The summed E-state index contributed by atoms with van der Waals surface area (Å²) >= 11 is 0. The van der Waals surface area contributed by atoms with Gasteiger partial charge in [-0.1, -0.05) is 6.07 Å². The fraction of sp³-hybridized carbons (Fsp3) is 0.389. The second kappa shape index (κ2) is 9.08. The summed E-state index contributed by atoms with van der Waals surface area (Å²) in [6.45, 7) is 4.65. The topological polar surface area (TPSA) is 79.0 Å². The molecule has 0 radical (unpaired) electrons. The van der Waals surface area contributed by atoms with Gasteiger partial charge in [0.1, 0.15) is 11.9 Å². The summed E-state index contributed by atoms with van der Waals surface area (Å²) in [6, 6.07) is 8.04. The molecule has 2 unspecified atom stereocenters. The van der Waals surface area contributed by atoms with E-state index in [0.29, 0.717) is 18.3 Å². The van der Waals surface area contributed by atoms with Crippen LogP contribution in [0.3, 0.4) is 0 Å². The van der Waals surface area contributed by atoms with Gasteiger partial charge in [0.25, 0.3) is 0 Å². The number of hydrogen-bond donors (Lipinski definition) is 3. The largest absolute Gasteiger partial charge is 0.494 e. The van der Waals surface area contributed by atoms with Gasteiger partial charge in [-0.2, -0.15) is 0 Å². The molecule has 25 heavy (non-hydrogen) atoms. The Balaban J connectivity index is 2.04. The number of nitrogens with zero attached hydrogens (tertiary/aromatic N) is 1. The summed E-state index contributed by atoms with van der Waals surface area (Å²) in [4.78, 5) is 4.36. The third-order valence-electron chi connectivity index (χ3n) is 3.67. The van der Waals surface area contributed by atoms with Crippen molar-refractivity contribution < 1.29 is 18.7 Å². The second-order valence-electron chi connectivity index (χ2n) is 5.51. The third kappa shape index (κ3) is 5.22. The number of aliphatic hydroxyl groups excluding tert-OH is 1. The SMILES string of the molecule is CCNC(=NCC(O)c1ccco1)NC(C)c1ccc(OC)c(F)c1. The van der Waals surface area contributed by atoms with Crippen molar-refractivity contribution in [2.75, 3.05) is 20.2 Å². The van der Waals surface area contributed by atoms with Crippen LogP contribution in [0, 0.1) is 5.82 Å². The molecule has 6 nitrogen and oxygen atoms in total. The van der Waals surface area contributed by atoms with E-state index in [1.54, 1.807) is 24.3 Å². The predicted molar refractivity (Wildman–Crippen MR) is 94.1 cm³/mol. The highest BCUT2D eigenvalue weighted by molar-refractivity contribution is 5.80. The minimum absolute atomic E-state index is 0.145. The number of guanidine groups is 1. The van der Waals surface area contributed by atoms with E-state index < -0.39 is 11.9 Å². The Morgan fingerprint density at radius 2 is 2.20 bits per heavy atom. The fourth-order valence-electron chi connectivity index (χ4n) is 2.31. The zero-order chi connectivity index (χ0) is 18.2. The minimum Gasteiger partial charge on any atom is -0.494 e. The van der Waals surface area contributed by atoms with E-state index in [2.05, 4.69) is 15.6 Å². The Morgan fingerprint density at radius 3 is 2.80 bits per heavy atom. The first-order chi connectivity index (χ1) is 12.0. The lowest BCUT2D eigenvalue weighted by atomic mass is 10.1. The molecule has 0 aliphatic heterocycles. The van der Waals surface area contributed by atoms with E-state index in [1.807, 2.05) is 13.8 Å². The number of benzene rings is 1. The van der Waals surface area contributed by atoms with Crippen LogP contribution < -0.4 is 15.4 Å². The van der Waals surface area contributed by atoms with Crippen LogP contribution >= 0.6 is 0 Å². The van der Waals surface area contributed by atoms with Gasteiger partial charge in [0.05, 0.1) is 26.0 Å². The van der Waals surface area contributed by atoms with Crippen molar-refractivity contribution in [1.29, 1.82) is 0 Å². The van der Waals surface area contributed by atoms with Crippen LogP contribution in [-0.4, -0.2) is 31.3 Å². The average molecular weight is 349 g/mol. The molecule has 0 saturated carbocycles. The zero-order valence-electron chi connectivity index (χ0n) is 14.6. The Kier molecular flexibility index (Phi) is 6.82. The standard InChI is InChI=1S/C18H24FN3O3/c1-4-20-18(21-11-15(23)17-6-5-9-25-17)22-12(2)13-7-8-16(24-3)14(19)10-13/h5-10,12,15,23H,4,11H2,1-3H3,(H2,20,21,22). The van der Waals surface area contributed by atoms with Gasteiger partial charge in [-0.05, 0) is 43.7 Å². The molecule has 0 aliphatic rings. The zero-order valence-corrected chi connectivity index (χ0v) is 14.6. The van der Waals surface area contributed by atoms with E-state index in [4.69, 9.17) is 9.15 Å². The van der Waals surface area contributed by atoms with Crippen LogP contribution in [0.2, 0.25) is 0 Å². The van der Waals surface area contributed by atoms with E-state index in [1.165, 1.54) is 19.4 Å². The molecule has 0 saturated heterocycles. The van der Waals surface area contributed by atoms with Crippen molar-refractivity contribution in [3.8, 4) is 5.75 Å². The lowest BCUT2D eigenvalue weighted by molar-refractivity contribution is 0.158. The van der Waals surface area contributed by atoms with Crippen LogP contribution in [0.4, 0.5) is 4.39 Å². The number of aliphatic hydroxyl groups is 1. The molecule has 0 spiro atoms. The van der Waals surface area contributed by atoms with Gasteiger partial charge in [-0.15, -0.1) is 0 Å². The highest BCUT2D eigenvalue weighted by Crippen LogP contribution is 2.21. The summed E-state index contributed by atoms with van der Waals surface area (Å²) < 4.78 is 24.0. The monoisotopic (exact) mass is 349 g/mol. The number of nitrogens with one attached hydrogen (secondary N) is 2. The quantitative estimate of drug-likeness (QED) is 0.529. The van der Waals surface area contributed by atoms with Crippen LogP contribution in [0.25, 0.3) is 0 Å². The van der Waals surface area contributed by atoms with E-state index in [0.717, 1.165) is 5.56 Å². The van der Waals surface area contributed by atoms with Gasteiger partial charge in [-0.25, -0.2) is 4.39 Å². The smallest absolute Gasteiger partial charge is 0.191 e. The minimum atomic E-state index is -0.820. The van der Waals surface area contributed by atoms with Gasteiger partial charge in [0, 0.05) is 6.54 Å². The molecule has 0 bridgehead atoms. The third-order valence-corrected chi connectivity index (χ3v) is 3.67. The molecule has 2 rings (SSSR count). The molecular formula is C18H24FN3O3. The highest BCUT2D eigenvalue weighted by Gasteiger charge is 2.13. The van der Waals surface area contributed by atoms with Gasteiger partial charge < -0.3 is 24.9 Å². The molecule has 136 valence electrons. The molecule has 0 fully saturated rings. The number of aliphatic imine (C=N–C) groups is 1. The Bertz CT molecular complexity index is 689. The van der Waals surface area contributed by atoms with Gasteiger partial charge in [0.15, 0.2) is 17.5 Å². The summed E-state index contributed by atoms with van der Waals surface area (Å²) in [5.74, 6) is 0.781. The Labute approximate surface area is 146 Å². The molecule has 1 aromatic heterocycles. The van der Waals surface area contributed by atoms with E-state index >= 15 is 0 Å². The second-order valence-corrected chi connectivity index (χ2v) is 5.51. The molecule has 7 heteroatoms. The molecular weight excluding hydrogens is 325 g/mol. The number of halogens is 1. The first-order valence-electron chi connectivity index (χ1n) is 8.14. The number of rotatable bonds is 7.